The first-order chi connectivity index (χ1) is 15.4. The van der Waals surface area contributed by atoms with Crippen LogP contribution in [-0.2, 0) is 11.4 Å². The highest BCUT2D eigenvalue weighted by Crippen LogP contribution is 2.29. The second-order valence-electron chi connectivity index (χ2n) is 6.93. The van der Waals surface area contributed by atoms with Crippen LogP contribution in [0.15, 0.2) is 70.7 Å². The highest BCUT2D eigenvalue weighted by Gasteiger charge is 2.13. The maximum atomic E-state index is 13.0. The van der Waals surface area contributed by atoms with Gasteiger partial charge in [0.15, 0.2) is 0 Å². The number of hydrogen-bond donors (Lipinski definition) is 1. The van der Waals surface area contributed by atoms with Crippen LogP contribution in [-0.4, -0.2) is 13.0 Å². The van der Waals surface area contributed by atoms with Gasteiger partial charge in [-0.1, -0.05) is 24.3 Å². The van der Waals surface area contributed by atoms with Crippen molar-refractivity contribution in [2.45, 2.75) is 13.5 Å². The molecule has 3 aromatic carbocycles. The van der Waals surface area contributed by atoms with Crippen LogP contribution in [0.2, 0.25) is 0 Å². The monoisotopic (exact) mass is 494 g/mol. The molecule has 1 N–H and O–H groups in total. The average molecular weight is 495 g/mol. The van der Waals surface area contributed by atoms with Crippen LogP contribution in [0.3, 0.4) is 0 Å². The van der Waals surface area contributed by atoms with Crippen molar-refractivity contribution >= 4 is 33.6 Å². The Balaban J connectivity index is 1.73. The van der Waals surface area contributed by atoms with Gasteiger partial charge in [0, 0.05) is 0 Å². The summed E-state index contributed by atoms with van der Waals surface area (Å²) in [7, 11) is 1.51. The maximum absolute atomic E-state index is 13.0. The van der Waals surface area contributed by atoms with Gasteiger partial charge >= 0.3 is 0 Å². The molecule has 0 aromatic heterocycles. The Bertz CT molecular complexity index is 1200. The van der Waals surface area contributed by atoms with Crippen molar-refractivity contribution in [2.75, 3.05) is 12.4 Å². The molecule has 162 valence electrons. The first-order valence-electron chi connectivity index (χ1n) is 9.64. The molecule has 0 unspecified atom stereocenters. The van der Waals surface area contributed by atoms with Crippen molar-refractivity contribution in [3.8, 4) is 17.6 Å². The van der Waals surface area contributed by atoms with E-state index in [1.54, 1.807) is 42.5 Å². The first kappa shape index (κ1) is 23.0. The summed E-state index contributed by atoms with van der Waals surface area (Å²) in [4.78, 5) is 12.6. The molecule has 0 aliphatic carbocycles. The number of nitriles is 1. The van der Waals surface area contributed by atoms with Crippen molar-refractivity contribution in [1.29, 1.82) is 5.26 Å². The Kier molecular flexibility index (Phi) is 7.63. The molecule has 0 saturated carbocycles. The lowest BCUT2D eigenvalue weighted by atomic mass is 10.1. The average Bonchev–Trinajstić information content (AvgIpc) is 2.78. The zero-order valence-corrected chi connectivity index (χ0v) is 19.1. The maximum Gasteiger partial charge on any atom is 0.266 e. The lowest BCUT2D eigenvalue weighted by molar-refractivity contribution is -0.112. The van der Waals surface area contributed by atoms with E-state index in [1.807, 2.05) is 19.1 Å². The molecular formula is C25H20BrFN2O3. The highest BCUT2D eigenvalue weighted by molar-refractivity contribution is 9.10. The van der Waals surface area contributed by atoms with Crippen molar-refractivity contribution in [2.24, 2.45) is 0 Å². The number of halogens is 2. The van der Waals surface area contributed by atoms with E-state index in [4.69, 9.17) is 9.47 Å². The van der Waals surface area contributed by atoms with E-state index in [0.717, 1.165) is 11.1 Å². The van der Waals surface area contributed by atoms with Crippen molar-refractivity contribution in [1.82, 2.24) is 0 Å². The number of benzene rings is 3. The Morgan fingerprint density at radius 2 is 1.84 bits per heavy atom. The van der Waals surface area contributed by atoms with Crippen LogP contribution in [0.1, 0.15) is 16.7 Å². The number of carbonyl (C=O) groups is 1. The number of ether oxygens (including phenoxy) is 2. The molecule has 0 saturated heterocycles. The number of nitrogens with one attached hydrogen (secondary N) is 1. The molecular weight excluding hydrogens is 475 g/mol. The van der Waals surface area contributed by atoms with Gasteiger partial charge in [0.1, 0.15) is 35.6 Å². The molecule has 0 radical (unpaired) electrons. The van der Waals surface area contributed by atoms with E-state index in [1.165, 1.54) is 25.3 Å². The lowest BCUT2D eigenvalue weighted by Crippen LogP contribution is -2.14. The summed E-state index contributed by atoms with van der Waals surface area (Å²) >= 11 is 3.45. The van der Waals surface area contributed by atoms with Crippen molar-refractivity contribution in [3.05, 3.63) is 93.2 Å². The Hall–Kier alpha value is -3.63. The zero-order valence-electron chi connectivity index (χ0n) is 17.5. The van der Waals surface area contributed by atoms with Gasteiger partial charge in [-0.05, 0) is 82.0 Å². The fourth-order valence-electron chi connectivity index (χ4n) is 2.89. The SMILES string of the molecule is COc1ccc(C)cc1NC(=O)/C(C#N)=C/c1ccc(OCc2ccc(F)cc2)c(Br)c1. The minimum absolute atomic E-state index is 0.0551. The van der Waals surface area contributed by atoms with Gasteiger partial charge in [0.05, 0.1) is 17.3 Å². The molecule has 5 nitrogen and oxygen atoms in total. The number of anilines is 1. The number of nitrogens with zero attached hydrogens (tertiary/aromatic N) is 1. The van der Waals surface area contributed by atoms with Gasteiger partial charge in [-0.2, -0.15) is 5.26 Å². The van der Waals surface area contributed by atoms with Crippen LogP contribution in [0.4, 0.5) is 10.1 Å². The summed E-state index contributed by atoms with van der Waals surface area (Å²) in [5, 5.41) is 12.2. The topological polar surface area (TPSA) is 71.3 Å². The second kappa shape index (κ2) is 10.6. The third kappa shape index (κ3) is 5.96. The van der Waals surface area contributed by atoms with Crippen LogP contribution < -0.4 is 14.8 Å². The van der Waals surface area contributed by atoms with E-state index >= 15 is 0 Å². The second-order valence-corrected chi connectivity index (χ2v) is 7.79. The number of carbonyl (C=O) groups excluding carboxylic acids is 1. The molecule has 0 spiro atoms. The molecule has 0 aliphatic rings. The molecule has 7 heteroatoms. The normalized spacial score (nSPS) is 10.9. The molecule has 0 atom stereocenters. The summed E-state index contributed by atoms with van der Waals surface area (Å²) in [6.45, 7) is 2.17. The van der Waals surface area contributed by atoms with Gasteiger partial charge < -0.3 is 14.8 Å². The minimum atomic E-state index is -0.538. The summed E-state index contributed by atoms with van der Waals surface area (Å²) in [6, 6.07) is 18.6. The van der Waals surface area contributed by atoms with E-state index in [-0.39, 0.29) is 18.0 Å². The lowest BCUT2D eigenvalue weighted by Gasteiger charge is -2.11. The Morgan fingerprint density at radius 1 is 1.12 bits per heavy atom. The van der Waals surface area contributed by atoms with E-state index in [0.29, 0.717) is 27.2 Å². The Morgan fingerprint density at radius 3 is 2.50 bits per heavy atom. The fraction of sp³-hybridized carbons (Fsp3) is 0.120. The molecule has 1 amide bonds. The predicted molar refractivity (Wildman–Crippen MR) is 125 cm³/mol. The summed E-state index contributed by atoms with van der Waals surface area (Å²) in [5.74, 6) is 0.249. The largest absolute Gasteiger partial charge is 0.495 e. The molecule has 0 fully saturated rings. The van der Waals surface area contributed by atoms with Crippen molar-refractivity contribution < 1.29 is 18.7 Å². The molecule has 0 aliphatic heterocycles. The van der Waals surface area contributed by atoms with Crippen LogP contribution in [0.25, 0.3) is 6.08 Å². The van der Waals surface area contributed by atoms with Gasteiger partial charge in [-0.25, -0.2) is 4.39 Å². The van der Waals surface area contributed by atoms with Crippen molar-refractivity contribution in [3.63, 3.8) is 0 Å². The van der Waals surface area contributed by atoms with Gasteiger partial charge in [0.2, 0.25) is 0 Å². The van der Waals surface area contributed by atoms with Gasteiger partial charge in [0.25, 0.3) is 5.91 Å². The molecule has 32 heavy (non-hydrogen) atoms. The van der Waals surface area contributed by atoms with E-state index in [9.17, 15) is 14.4 Å². The third-order valence-electron chi connectivity index (χ3n) is 4.54. The summed E-state index contributed by atoms with van der Waals surface area (Å²) < 4.78 is 24.7. The first-order valence-corrected chi connectivity index (χ1v) is 10.4. The molecule has 0 bridgehead atoms. The van der Waals surface area contributed by atoms with Crippen LogP contribution in [0.5, 0.6) is 11.5 Å². The van der Waals surface area contributed by atoms with Gasteiger partial charge in [-0.3, -0.25) is 4.79 Å². The Labute approximate surface area is 194 Å². The highest BCUT2D eigenvalue weighted by atomic mass is 79.9. The minimum Gasteiger partial charge on any atom is -0.495 e. The quantitative estimate of drug-likeness (QED) is 0.321. The third-order valence-corrected chi connectivity index (χ3v) is 5.16. The standard InChI is InChI=1S/C25H20BrFN2O3/c1-16-3-9-24(31-2)22(11-16)29-25(30)19(14-28)12-18-6-10-23(21(26)13-18)32-15-17-4-7-20(27)8-5-17/h3-13H,15H2,1-2H3,(H,29,30)/b19-12+. The number of aryl methyl sites for hydroxylation is 1. The smallest absolute Gasteiger partial charge is 0.266 e. The molecule has 3 aromatic rings. The number of methoxy groups -OCH3 is 1. The summed E-state index contributed by atoms with van der Waals surface area (Å²) in [6.07, 6.45) is 1.49. The molecule has 3 rings (SSSR count). The fourth-order valence-corrected chi connectivity index (χ4v) is 3.40. The van der Waals surface area contributed by atoms with Crippen LogP contribution >= 0.6 is 15.9 Å². The number of hydrogen-bond acceptors (Lipinski definition) is 4. The summed E-state index contributed by atoms with van der Waals surface area (Å²) in [5.41, 5.74) is 2.86. The predicted octanol–water partition coefficient (Wildman–Crippen LogP) is 6.03. The van der Waals surface area contributed by atoms with Gasteiger partial charge in [-0.15, -0.1) is 0 Å². The molecule has 0 heterocycles. The zero-order chi connectivity index (χ0) is 23.1. The van der Waals surface area contributed by atoms with E-state index in [2.05, 4.69) is 21.2 Å². The van der Waals surface area contributed by atoms with Crippen LogP contribution in [0, 0.1) is 24.1 Å². The number of rotatable bonds is 7. The van der Waals surface area contributed by atoms with E-state index < -0.39 is 5.91 Å². The number of amides is 1.